The van der Waals surface area contributed by atoms with Gasteiger partial charge in [-0.25, -0.2) is 15.0 Å². The molecule has 0 bridgehead atoms. The topological polar surface area (TPSA) is 67.0 Å². The second kappa shape index (κ2) is 16.1. The number of imidazole rings is 2. The van der Waals surface area contributed by atoms with E-state index in [0.29, 0.717) is 26.7 Å². The fourth-order valence-corrected chi connectivity index (χ4v) is 4.09. The monoisotopic (exact) mass is 611 g/mol. The molecule has 7 nitrogen and oxygen atoms in total. The van der Waals surface area contributed by atoms with Crippen molar-refractivity contribution in [1.29, 1.82) is 0 Å². The molecule has 0 amide bonds. The van der Waals surface area contributed by atoms with Crippen LogP contribution in [0.2, 0.25) is 0 Å². The first-order valence-corrected chi connectivity index (χ1v) is 11.8. The largest absolute Gasteiger partial charge is 1.00 e. The van der Waals surface area contributed by atoms with Crippen molar-refractivity contribution in [1.82, 2.24) is 24.1 Å². The molecule has 0 fully saturated rings. The number of fused-ring (bicyclic) bond motifs is 2. The van der Waals surface area contributed by atoms with E-state index in [-0.39, 0.29) is 55.8 Å². The molecule has 203 valence electrons. The second-order valence-electron chi connectivity index (χ2n) is 8.19. The summed E-state index contributed by atoms with van der Waals surface area (Å²) >= 11 is 0. The van der Waals surface area contributed by atoms with E-state index in [1.807, 2.05) is 54.6 Å². The Morgan fingerprint density at radius 3 is 1.42 bits per heavy atom. The second-order valence-corrected chi connectivity index (χ2v) is 8.19. The Labute approximate surface area is 253 Å². The van der Waals surface area contributed by atoms with Crippen molar-refractivity contribution in [2.45, 2.75) is 40.2 Å². The Balaban J connectivity index is 0.00000180. The number of rotatable bonds is 10. The van der Waals surface area contributed by atoms with Crippen LogP contribution in [0, 0.1) is 0 Å². The molecule has 1 radical (unpaired) electrons. The molecule has 0 spiro atoms. The average molecular weight is 613 g/mol. The molecule has 0 aliphatic carbocycles. The average Bonchev–Trinajstić information content (AvgIpc) is 3.43. The molecule has 3 aromatic heterocycles. The Bertz CT molecular complexity index is 1320. The van der Waals surface area contributed by atoms with Crippen molar-refractivity contribution in [2.24, 2.45) is 0 Å². The minimum Gasteiger partial charge on any atom is -1.00 e. The van der Waals surface area contributed by atoms with Gasteiger partial charge in [0.2, 0.25) is 0 Å². The molecule has 0 N–H and O–H groups in total. The molecule has 0 saturated carbocycles. The molecule has 38 heavy (non-hydrogen) atoms. The molecular weight excluding hydrogens is 584 g/mol. The first-order chi connectivity index (χ1) is 16.8. The molecule has 0 aliphatic heterocycles. The van der Waals surface area contributed by atoms with E-state index in [1.54, 1.807) is 0 Å². The first kappa shape index (κ1) is 33.9. The molecular formula is C27H29Cl3N5O2V-3. The van der Waals surface area contributed by atoms with Crippen molar-refractivity contribution in [2.75, 3.05) is 13.2 Å². The number of nitrogens with zero attached hydrogens (tertiary/aromatic N) is 5. The standard InChI is InChI=1S/C27H29N5O2.3ClH.V/c1-3-16-33-18-31-24-14-7-5-10-20(24)29-26(31)22-12-9-13-23(28-22)27-30-21-11-6-8-15-25(21)32(27)19-34-17-4-2;;;;/h5-15H,3-4,16-19H2,1-2H3;3*1H;/p-3. The van der Waals surface area contributed by atoms with E-state index in [1.165, 1.54) is 0 Å². The van der Waals surface area contributed by atoms with Gasteiger partial charge in [-0.1, -0.05) is 44.2 Å². The number of ether oxygens (including phenoxy) is 2. The van der Waals surface area contributed by atoms with Crippen molar-refractivity contribution >= 4 is 22.1 Å². The predicted molar refractivity (Wildman–Crippen MR) is 134 cm³/mol. The van der Waals surface area contributed by atoms with Crippen molar-refractivity contribution in [3.63, 3.8) is 0 Å². The number of benzene rings is 2. The molecule has 0 aliphatic rings. The Kier molecular flexibility index (Phi) is 14.4. The van der Waals surface area contributed by atoms with Crippen LogP contribution in [-0.4, -0.2) is 37.3 Å². The van der Waals surface area contributed by atoms with Crippen LogP contribution in [0.4, 0.5) is 0 Å². The zero-order valence-corrected chi connectivity index (χ0v) is 24.9. The zero-order valence-electron chi connectivity index (χ0n) is 21.2. The molecule has 2 aromatic carbocycles. The van der Waals surface area contributed by atoms with Gasteiger partial charge in [0.05, 0.1) is 22.1 Å². The van der Waals surface area contributed by atoms with E-state index >= 15 is 0 Å². The summed E-state index contributed by atoms with van der Waals surface area (Å²) in [5, 5.41) is 0. The molecule has 0 saturated heterocycles. The quantitative estimate of drug-likeness (QED) is 0.156. The molecule has 3 heterocycles. The summed E-state index contributed by atoms with van der Waals surface area (Å²) in [5.74, 6) is 1.56. The minimum atomic E-state index is 0. The fraction of sp³-hybridized carbons (Fsp3) is 0.296. The minimum absolute atomic E-state index is 0. The van der Waals surface area contributed by atoms with E-state index < -0.39 is 0 Å². The number of pyridine rings is 1. The first-order valence-electron chi connectivity index (χ1n) is 11.8. The summed E-state index contributed by atoms with van der Waals surface area (Å²) < 4.78 is 16.0. The van der Waals surface area contributed by atoms with Gasteiger partial charge in [0.15, 0.2) is 11.6 Å². The van der Waals surface area contributed by atoms with Gasteiger partial charge < -0.3 is 46.7 Å². The summed E-state index contributed by atoms with van der Waals surface area (Å²) in [6.45, 7) is 6.46. The van der Waals surface area contributed by atoms with Crippen LogP contribution in [0.1, 0.15) is 26.7 Å². The maximum atomic E-state index is 5.89. The van der Waals surface area contributed by atoms with Crippen LogP contribution in [0.3, 0.4) is 0 Å². The number of aromatic nitrogens is 5. The Hall–Kier alpha value is -2.10. The van der Waals surface area contributed by atoms with Gasteiger partial charge in [-0.3, -0.25) is 9.13 Å². The van der Waals surface area contributed by atoms with Crippen LogP contribution in [0.5, 0.6) is 0 Å². The zero-order chi connectivity index (χ0) is 23.3. The van der Waals surface area contributed by atoms with Crippen LogP contribution in [0.25, 0.3) is 45.1 Å². The molecule has 0 unspecified atom stereocenters. The fourth-order valence-electron chi connectivity index (χ4n) is 4.09. The molecule has 11 heteroatoms. The van der Waals surface area contributed by atoms with Gasteiger partial charge in [0, 0.05) is 31.8 Å². The SMILES string of the molecule is CCCOCn1c(-c2cccc(-c3nc4ccccc4n3COCCC)n2)nc2ccccc21.[Cl-].[Cl-].[Cl-].[V]. The number of hydrogen-bond acceptors (Lipinski definition) is 5. The van der Waals surface area contributed by atoms with E-state index in [2.05, 4.69) is 35.1 Å². The van der Waals surface area contributed by atoms with E-state index in [0.717, 1.165) is 57.9 Å². The van der Waals surface area contributed by atoms with Crippen LogP contribution >= 0.6 is 0 Å². The summed E-state index contributed by atoms with van der Waals surface area (Å²) in [7, 11) is 0. The third-order valence-corrected chi connectivity index (χ3v) is 5.65. The van der Waals surface area contributed by atoms with Gasteiger partial charge in [0.1, 0.15) is 24.8 Å². The van der Waals surface area contributed by atoms with Gasteiger partial charge in [0.25, 0.3) is 0 Å². The summed E-state index contributed by atoms with van der Waals surface area (Å²) in [4.78, 5) is 14.8. The molecule has 5 aromatic rings. The normalized spacial score (nSPS) is 10.4. The van der Waals surface area contributed by atoms with Gasteiger partial charge >= 0.3 is 0 Å². The Morgan fingerprint density at radius 2 is 1.00 bits per heavy atom. The number of hydrogen-bond donors (Lipinski definition) is 0. The third kappa shape index (κ3) is 7.10. The smallest absolute Gasteiger partial charge is 0.161 e. The van der Waals surface area contributed by atoms with E-state index in [9.17, 15) is 0 Å². The van der Waals surface area contributed by atoms with Crippen LogP contribution in [0.15, 0.2) is 66.7 Å². The van der Waals surface area contributed by atoms with Gasteiger partial charge in [-0.2, -0.15) is 0 Å². The van der Waals surface area contributed by atoms with Gasteiger partial charge in [-0.05, 0) is 49.2 Å². The van der Waals surface area contributed by atoms with Crippen molar-refractivity contribution < 1.29 is 65.3 Å². The summed E-state index contributed by atoms with van der Waals surface area (Å²) in [6, 6.07) is 22.2. The summed E-state index contributed by atoms with van der Waals surface area (Å²) in [6.07, 6.45) is 1.93. The van der Waals surface area contributed by atoms with Crippen molar-refractivity contribution in [3.8, 4) is 23.0 Å². The van der Waals surface area contributed by atoms with Gasteiger partial charge in [-0.15, -0.1) is 0 Å². The molecule has 5 rings (SSSR count). The maximum absolute atomic E-state index is 5.89. The predicted octanol–water partition coefficient (Wildman–Crippen LogP) is -3.11. The Morgan fingerprint density at radius 1 is 0.579 bits per heavy atom. The van der Waals surface area contributed by atoms with E-state index in [4.69, 9.17) is 24.4 Å². The van der Waals surface area contributed by atoms with Crippen LogP contribution < -0.4 is 37.2 Å². The number of halogens is 3. The van der Waals surface area contributed by atoms with Crippen molar-refractivity contribution in [3.05, 3.63) is 66.7 Å². The summed E-state index contributed by atoms with van der Waals surface area (Å²) in [5.41, 5.74) is 5.46. The molecule has 0 atom stereocenters. The maximum Gasteiger partial charge on any atom is 0.161 e. The number of para-hydroxylation sites is 4. The van der Waals surface area contributed by atoms with Crippen LogP contribution in [-0.2, 0) is 41.5 Å². The third-order valence-electron chi connectivity index (χ3n) is 5.65.